The number of rotatable bonds is 10. The molecule has 6 heteroatoms. The molecule has 0 aliphatic carbocycles. The molecule has 0 saturated carbocycles. The number of hydrogen-bond donors (Lipinski definition) is 1. The molecule has 5 nitrogen and oxygen atoms in total. The van der Waals surface area contributed by atoms with Gasteiger partial charge in [-0.05, 0) is 42.7 Å². The summed E-state index contributed by atoms with van der Waals surface area (Å²) in [4.78, 5) is 27.2. The number of nitrogens with zero attached hydrogens (tertiary/aromatic N) is 1. The lowest BCUT2D eigenvalue weighted by Gasteiger charge is -2.30. The van der Waals surface area contributed by atoms with Crippen LogP contribution in [0.5, 0.6) is 5.75 Å². The maximum absolute atomic E-state index is 13.0. The number of amides is 2. The fourth-order valence-corrected chi connectivity index (χ4v) is 3.09. The van der Waals surface area contributed by atoms with Gasteiger partial charge in [0, 0.05) is 17.6 Å². The number of hydrogen-bond acceptors (Lipinski definition) is 3. The first-order valence-corrected chi connectivity index (χ1v) is 10.3. The lowest BCUT2D eigenvalue weighted by molar-refractivity contribution is -0.143. The van der Waals surface area contributed by atoms with Gasteiger partial charge in [0.05, 0.1) is 0 Å². The van der Waals surface area contributed by atoms with Crippen LogP contribution in [0.1, 0.15) is 32.3 Å². The summed E-state index contributed by atoms with van der Waals surface area (Å²) in [7, 11) is 0. The minimum Gasteiger partial charge on any atom is -0.484 e. The average Bonchev–Trinajstić information content (AvgIpc) is 2.72. The predicted molar refractivity (Wildman–Crippen MR) is 114 cm³/mol. The average molecular weight is 447 g/mol. The molecule has 1 N–H and O–H groups in total. The SMILES string of the molecule is CCCNC(=O)[C@H](CC)N(Cc1ccccc1)C(=O)COc1ccc(Br)cc1. The molecule has 2 aromatic carbocycles. The topological polar surface area (TPSA) is 58.6 Å². The second kappa shape index (κ2) is 11.5. The first kappa shape index (κ1) is 22.0. The molecule has 0 bridgehead atoms. The summed E-state index contributed by atoms with van der Waals surface area (Å²) >= 11 is 3.38. The zero-order valence-electron chi connectivity index (χ0n) is 16.4. The van der Waals surface area contributed by atoms with Crippen molar-refractivity contribution in [1.29, 1.82) is 0 Å². The number of benzene rings is 2. The Morgan fingerprint density at radius 2 is 1.75 bits per heavy atom. The Labute approximate surface area is 175 Å². The second-order valence-electron chi connectivity index (χ2n) is 6.46. The number of nitrogens with one attached hydrogen (secondary N) is 1. The summed E-state index contributed by atoms with van der Waals surface area (Å²) in [5, 5.41) is 2.91. The van der Waals surface area contributed by atoms with Gasteiger partial charge >= 0.3 is 0 Å². The Hall–Kier alpha value is -2.34. The van der Waals surface area contributed by atoms with Crippen LogP contribution in [-0.2, 0) is 16.1 Å². The van der Waals surface area contributed by atoms with Gasteiger partial charge in [-0.2, -0.15) is 0 Å². The summed E-state index contributed by atoms with van der Waals surface area (Å²) < 4.78 is 6.59. The molecule has 2 aromatic rings. The van der Waals surface area contributed by atoms with Crippen molar-refractivity contribution >= 4 is 27.7 Å². The third-order valence-electron chi connectivity index (χ3n) is 4.31. The first-order chi connectivity index (χ1) is 13.5. The van der Waals surface area contributed by atoms with Gasteiger partial charge in [0.2, 0.25) is 5.91 Å². The fraction of sp³-hybridized carbons (Fsp3) is 0.364. The molecular weight excluding hydrogens is 420 g/mol. The maximum Gasteiger partial charge on any atom is 0.261 e. The summed E-state index contributed by atoms with van der Waals surface area (Å²) in [5.41, 5.74) is 0.973. The second-order valence-corrected chi connectivity index (χ2v) is 7.38. The van der Waals surface area contributed by atoms with Gasteiger partial charge in [-0.3, -0.25) is 9.59 Å². The number of ether oxygens (including phenoxy) is 1. The molecule has 150 valence electrons. The smallest absolute Gasteiger partial charge is 0.261 e. The van der Waals surface area contributed by atoms with E-state index in [1.165, 1.54) is 0 Å². The van der Waals surface area contributed by atoms with Crippen LogP contribution in [0.3, 0.4) is 0 Å². The van der Waals surface area contributed by atoms with E-state index < -0.39 is 6.04 Å². The molecule has 0 spiro atoms. The molecule has 2 rings (SSSR count). The Morgan fingerprint density at radius 1 is 1.07 bits per heavy atom. The zero-order chi connectivity index (χ0) is 20.4. The minimum absolute atomic E-state index is 0.119. The van der Waals surface area contributed by atoms with Gasteiger partial charge in [0.25, 0.3) is 5.91 Å². The molecule has 0 fully saturated rings. The monoisotopic (exact) mass is 446 g/mol. The first-order valence-electron chi connectivity index (χ1n) is 9.54. The predicted octanol–water partition coefficient (Wildman–Crippen LogP) is 4.16. The molecule has 0 unspecified atom stereocenters. The standard InChI is InChI=1S/C22H27BrN2O3/c1-3-14-24-22(27)20(4-2)25(15-17-8-6-5-7-9-17)21(26)16-28-19-12-10-18(23)11-13-19/h5-13,20H,3-4,14-16H2,1-2H3,(H,24,27)/t20-/m0/s1. The Kier molecular flexibility index (Phi) is 9.01. The summed E-state index contributed by atoms with van der Waals surface area (Å²) in [6.07, 6.45) is 1.38. The lowest BCUT2D eigenvalue weighted by atomic mass is 10.1. The van der Waals surface area contributed by atoms with E-state index in [-0.39, 0.29) is 18.4 Å². The summed E-state index contributed by atoms with van der Waals surface area (Å²) in [6.45, 7) is 4.75. The van der Waals surface area contributed by atoms with Crippen molar-refractivity contribution in [3.05, 3.63) is 64.6 Å². The largest absolute Gasteiger partial charge is 0.484 e. The normalized spacial score (nSPS) is 11.5. The van der Waals surface area contributed by atoms with E-state index in [4.69, 9.17) is 4.74 Å². The van der Waals surface area contributed by atoms with Crippen LogP contribution in [0.2, 0.25) is 0 Å². The molecule has 28 heavy (non-hydrogen) atoms. The highest BCUT2D eigenvalue weighted by Crippen LogP contribution is 2.17. The Balaban J connectivity index is 2.14. The molecular formula is C22H27BrN2O3. The zero-order valence-corrected chi connectivity index (χ0v) is 17.9. The maximum atomic E-state index is 13.0. The van der Waals surface area contributed by atoms with E-state index in [1.807, 2.05) is 56.3 Å². The van der Waals surface area contributed by atoms with Crippen molar-refractivity contribution in [2.45, 2.75) is 39.3 Å². The molecule has 0 aliphatic heterocycles. The van der Waals surface area contributed by atoms with Crippen molar-refractivity contribution in [1.82, 2.24) is 10.2 Å². The van der Waals surface area contributed by atoms with E-state index in [2.05, 4.69) is 21.2 Å². The van der Waals surface area contributed by atoms with E-state index in [9.17, 15) is 9.59 Å². The van der Waals surface area contributed by atoms with E-state index in [0.29, 0.717) is 25.3 Å². The van der Waals surface area contributed by atoms with Crippen molar-refractivity contribution in [2.24, 2.45) is 0 Å². The summed E-state index contributed by atoms with van der Waals surface area (Å²) in [6, 6.07) is 16.4. The molecule has 0 aliphatic rings. The van der Waals surface area contributed by atoms with E-state index in [1.54, 1.807) is 17.0 Å². The van der Waals surface area contributed by atoms with Crippen LogP contribution < -0.4 is 10.1 Å². The van der Waals surface area contributed by atoms with E-state index in [0.717, 1.165) is 16.5 Å². The van der Waals surface area contributed by atoms with Crippen LogP contribution in [-0.4, -0.2) is 35.9 Å². The van der Waals surface area contributed by atoms with Crippen LogP contribution in [0.4, 0.5) is 0 Å². The lowest BCUT2D eigenvalue weighted by Crippen LogP contribution is -2.50. The van der Waals surface area contributed by atoms with Crippen molar-refractivity contribution in [3.8, 4) is 5.75 Å². The number of carbonyl (C=O) groups excluding carboxylic acids is 2. The third-order valence-corrected chi connectivity index (χ3v) is 4.84. The van der Waals surface area contributed by atoms with Gasteiger partial charge in [-0.1, -0.05) is 60.1 Å². The van der Waals surface area contributed by atoms with Gasteiger partial charge in [0.1, 0.15) is 11.8 Å². The van der Waals surface area contributed by atoms with Crippen LogP contribution >= 0.6 is 15.9 Å². The van der Waals surface area contributed by atoms with Crippen LogP contribution in [0.25, 0.3) is 0 Å². The van der Waals surface area contributed by atoms with Crippen molar-refractivity contribution in [2.75, 3.05) is 13.2 Å². The fourth-order valence-electron chi connectivity index (χ4n) is 2.82. The quantitative estimate of drug-likeness (QED) is 0.595. The van der Waals surface area contributed by atoms with Gasteiger partial charge in [-0.15, -0.1) is 0 Å². The van der Waals surface area contributed by atoms with Crippen molar-refractivity contribution < 1.29 is 14.3 Å². The van der Waals surface area contributed by atoms with Crippen LogP contribution in [0, 0.1) is 0 Å². The Morgan fingerprint density at radius 3 is 2.36 bits per heavy atom. The van der Waals surface area contributed by atoms with Gasteiger partial charge in [-0.25, -0.2) is 0 Å². The molecule has 0 heterocycles. The highest BCUT2D eigenvalue weighted by molar-refractivity contribution is 9.10. The molecule has 0 radical (unpaired) electrons. The molecule has 0 saturated heterocycles. The van der Waals surface area contributed by atoms with Gasteiger partial charge < -0.3 is 15.0 Å². The molecule has 1 atom stereocenters. The van der Waals surface area contributed by atoms with Crippen molar-refractivity contribution in [3.63, 3.8) is 0 Å². The number of carbonyl (C=O) groups is 2. The minimum atomic E-state index is -0.534. The highest BCUT2D eigenvalue weighted by Gasteiger charge is 2.28. The Bertz CT molecular complexity index is 750. The number of halogens is 1. The van der Waals surface area contributed by atoms with E-state index >= 15 is 0 Å². The third kappa shape index (κ3) is 6.68. The molecule has 0 aromatic heterocycles. The molecule has 2 amide bonds. The summed E-state index contributed by atoms with van der Waals surface area (Å²) in [5.74, 6) is 0.266. The van der Waals surface area contributed by atoms with Crippen LogP contribution in [0.15, 0.2) is 59.1 Å². The van der Waals surface area contributed by atoms with Gasteiger partial charge in [0.15, 0.2) is 6.61 Å². The highest BCUT2D eigenvalue weighted by atomic mass is 79.9.